The molecule has 4 heteroatoms. The van der Waals surface area contributed by atoms with Crippen molar-refractivity contribution in [3.63, 3.8) is 0 Å². The van der Waals surface area contributed by atoms with Crippen LogP contribution in [-0.4, -0.2) is 9.38 Å². The maximum absolute atomic E-state index is 5.94. The number of nitrogens with one attached hydrogen (secondary N) is 1. The summed E-state index contributed by atoms with van der Waals surface area (Å²) in [6.07, 6.45) is 3.83. The van der Waals surface area contributed by atoms with E-state index < -0.39 is 0 Å². The van der Waals surface area contributed by atoms with Crippen molar-refractivity contribution in [1.29, 1.82) is 0 Å². The van der Waals surface area contributed by atoms with Crippen LogP contribution in [0.5, 0.6) is 0 Å². The molecule has 0 saturated heterocycles. The second kappa shape index (κ2) is 2.70. The predicted octanol–water partition coefficient (Wildman–Crippen LogP) is 2.63. The second-order valence-electron chi connectivity index (χ2n) is 3.51. The van der Waals surface area contributed by atoms with E-state index in [1.54, 1.807) is 0 Å². The third kappa shape index (κ3) is 1.20. The molecule has 0 aliphatic rings. The molecule has 70 valence electrons. The van der Waals surface area contributed by atoms with Crippen molar-refractivity contribution in [3.8, 4) is 0 Å². The Kier molecular flexibility index (Phi) is 1.77. The summed E-state index contributed by atoms with van der Waals surface area (Å²) in [5, 5.41) is 0.608. The highest BCUT2D eigenvalue weighted by atomic mass is 35.5. The van der Waals surface area contributed by atoms with Crippen LogP contribution in [0, 0.1) is 0 Å². The highest BCUT2D eigenvalue weighted by Crippen LogP contribution is 2.28. The van der Waals surface area contributed by atoms with E-state index in [1.807, 2.05) is 16.8 Å². The number of halogens is 1. The molecule has 0 bridgehead atoms. The van der Waals surface area contributed by atoms with Crippen molar-refractivity contribution in [3.05, 3.63) is 23.1 Å². The molecule has 0 unspecified atom stereocenters. The Balaban J connectivity index is 2.69. The minimum Gasteiger partial charge on any atom is -0.395 e. The van der Waals surface area contributed by atoms with E-state index in [2.05, 4.69) is 18.8 Å². The number of imidazole rings is 1. The van der Waals surface area contributed by atoms with E-state index in [-0.39, 0.29) is 0 Å². The minimum absolute atomic E-state index is 0.437. The number of fused-ring (bicyclic) bond motifs is 1. The van der Waals surface area contributed by atoms with Crippen LogP contribution in [0.4, 0.5) is 5.69 Å². The van der Waals surface area contributed by atoms with Gasteiger partial charge in [-0.3, -0.25) is 0 Å². The van der Waals surface area contributed by atoms with Crippen LogP contribution in [0.15, 0.2) is 12.4 Å². The lowest BCUT2D eigenvalue weighted by atomic mass is 10.1. The Morgan fingerprint density at radius 2 is 2.15 bits per heavy atom. The van der Waals surface area contributed by atoms with Gasteiger partial charge in [0.2, 0.25) is 0 Å². The number of nitrogens with two attached hydrogens (primary N) is 1. The summed E-state index contributed by atoms with van der Waals surface area (Å²) in [5.74, 6) is 0.437. The predicted molar refractivity (Wildman–Crippen MR) is 55.3 cm³/mol. The molecule has 0 aliphatic carbocycles. The van der Waals surface area contributed by atoms with E-state index in [9.17, 15) is 0 Å². The van der Waals surface area contributed by atoms with Crippen molar-refractivity contribution in [2.24, 2.45) is 0 Å². The molecule has 3 nitrogen and oxygen atoms in total. The monoisotopic (exact) mass is 197 g/mol. The summed E-state index contributed by atoms with van der Waals surface area (Å²) >= 11 is 5.80. The highest BCUT2D eigenvalue weighted by Gasteiger charge is 2.11. The number of H-pyrrole nitrogens is 1. The quantitative estimate of drug-likeness (QED) is 0.726. The molecule has 0 atom stereocenters. The lowest BCUT2D eigenvalue weighted by Gasteiger charge is -2.01. The number of nitrogen functional groups attached to an aromatic ring is 1. The van der Waals surface area contributed by atoms with E-state index in [1.165, 1.54) is 0 Å². The molecule has 0 amide bonds. The van der Waals surface area contributed by atoms with Gasteiger partial charge in [-0.15, -0.1) is 0 Å². The topological polar surface area (TPSA) is 46.2 Å². The number of hydrogen-bond donors (Lipinski definition) is 2. The van der Waals surface area contributed by atoms with E-state index in [4.69, 9.17) is 17.3 Å². The first kappa shape index (κ1) is 8.51. The summed E-state index contributed by atoms with van der Waals surface area (Å²) in [4.78, 5) is 3.01. The van der Waals surface area contributed by atoms with Gasteiger partial charge < -0.3 is 15.1 Å². The molecule has 0 aromatic carbocycles. The number of hydrogen-bond acceptors (Lipinski definition) is 1. The van der Waals surface area contributed by atoms with Gasteiger partial charge in [-0.25, -0.2) is 0 Å². The largest absolute Gasteiger partial charge is 0.395 e. The lowest BCUT2D eigenvalue weighted by Crippen LogP contribution is -1.91. The number of aromatic nitrogens is 2. The summed E-state index contributed by atoms with van der Waals surface area (Å²) in [6, 6.07) is 0. The first-order valence-corrected chi connectivity index (χ1v) is 4.62. The van der Waals surface area contributed by atoms with Crippen LogP contribution in [0.2, 0.25) is 5.15 Å². The van der Waals surface area contributed by atoms with E-state index in [0.29, 0.717) is 11.1 Å². The van der Waals surface area contributed by atoms with E-state index >= 15 is 0 Å². The molecular weight excluding hydrogens is 186 g/mol. The number of nitrogens with zero attached hydrogens (tertiary/aromatic N) is 1. The van der Waals surface area contributed by atoms with Crippen molar-refractivity contribution in [1.82, 2.24) is 9.38 Å². The number of aromatic amines is 1. The zero-order valence-electron chi connectivity index (χ0n) is 7.63. The van der Waals surface area contributed by atoms with Crippen LogP contribution in [-0.2, 0) is 0 Å². The van der Waals surface area contributed by atoms with Gasteiger partial charge in [0, 0.05) is 12.4 Å². The maximum atomic E-state index is 5.94. The zero-order chi connectivity index (χ0) is 9.59. The molecule has 2 rings (SSSR count). The molecule has 0 aliphatic heterocycles. The number of anilines is 1. The van der Waals surface area contributed by atoms with Crippen molar-refractivity contribution < 1.29 is 0 Å². The van der Waals surface area contributed by atoms with Gasteiger partial charge >= 0.3 is 0 Å². The fraction of sp³-hybridized carbons (Fsp3) is 0.333. The summed E-state index contributed by atoms with van der Waals surface area (Å²) < 4.78 is 1.92. The third-order valence-corrected chi connectivity index (χ3v) is 2.41. The number of rotatable bonds is 1. The van der Waals surface area contributed by atoms with Gasteiger partial charge in [0.25, 0.3) is 0 Å². The second-order valence-corrected chi connectivity index (χ2v) is 3.92. The first-order valence-electron chi connectivity index (χ1n) is 4.24. The van der Waals surface area contributed by atoms with Gasteiger partial charge in [0.1, 0.15) is 10.8 Å². The first-order chi connectivity index (χ1) is 6.09. The van der Waals surface area contributed by atoms with Crippen molar-refractivity contribution in [2.75, 3.05) is 5.73 Å². The average Bonchev–Trinajstić information content (AvgIpc) is 2.51. The van der Waals surface area contributed by atoms with Crippen molar-refractivity contribution >= 4 is 22.9 Å². The fourth-order valence-electron chi connectivity index (χ4n) is 1.52. The fourth-order valence-corrected chi connectivity index (χ4v) is 1.72. The van der Waals surface area contributed by atoms with Gasteiger partial charge in [0.15, 0.2) is 0 Å². The Morgan fingerprint density at radius 1 is 1.46 bits per heavy atom. The Labute approximate surface area is 81.5 Å². The van der Waals surface area contributed by atoms with Crippen LogP contribution in [0.25, 0.3) is 5.65 Å². The molecule has 0 saturated carbocycles. The summed E-state index contributed by atoms with van der Waals surface area (Å²) in [7, 11) is 0. The molecular formula is C9H12ClN3. The van der Waals surface area contributed by atoms with Gasteiger partial charge in [0.05, 0.1) is 5.69 Å². The van der Waals surface area contributed by atoms with Crippen LogP contribution in [0.3, 0.4) is 0 Å². The normalized spacial score (nSPS) is 11.7. The maximum Gasteiger partial charge on any atom is 0.139 e. The molecule has 0 fully saturated rings. The van der Waals surface area contributed by atoms with Gasteiger partial charge in [-0.05, 0) is 11.5 Å². The Morgan fingerprint density at radius 3 is 2.69 bits per heavy atom. The van der Waals surface area contributed by atoms with Gasteiger partial charge in [-0.1, -0.05) is 25.4 Å². The standard InChI is InChI=1S/C9H12ClN3/c1-5(2)6-3-13-4-7(10)12-9(13)8(6)11/h3-5,12H,11H2,1-2H3. The van der Waals surface area contributed by atoms with Crippen LogP contribution >= 0.6 is 11.6 Å². The molecule has 2 heterocycles. The molecule has 3 N–H and O–H groups in total. The highest BCUT2D eigenvalue weighted by molar-refractivity contribution is 6.29. The van der Waals surface area contributed by atoms with E-state index in [0.717, 1.165) is 16.9 Å². The van der Waals surface area contributed by atoms with Crippen LogP contribution in [0.1, 0.15) is 25.3 Å². The van der Waals surface area contributed by atoms with Crippen LogP contribution < -0.4 is 5.73 Å². The third-order valence-electron chi connectivity index (χ3n) is 2.21. The summed E-state index contributed by atoms with van der Waals surface area (Å²) in [5.41, 5.74) is 8.77. The molecule has 2 aromatic rings. The molecule has 2 aromatic heterocycles. The SMILES string of the molecule is CC(C)c1cn2cc(Cl)[nH]c2c1N. The zero-order valence-corrected chi connectivity index (χ0v) is 8.39. The van der Waals surface area contributed by atoms with Gasteiger partial charge in [-0.2, -0.15) is 0 Å². The molecule has 13 heavy (non-hydrogen) atoms. The smallest absolute Gasteiger partial charge is 0.139 e. The average molecular weight is 198 g/mol. The molecule has 0 spiro atoms. The summed E-state index contributed by atoms with van der Waals surface area (Å²) in [6.45, 7) is 4.24. The lowest BCUT2D eigenvalue weighted by molar-refractivity contribution is 0.868. The van der Waals surface area contributed by atoms with Crippen molar-refractivity contribution in [2.45, 2.75) is 19.8 Å². The Hall–Kier alpha value is -1.09. The Bertz CT molecular complexity index is 439. The minimum atomic E-state index is 0.437. The molecule has 0 radical (unpaired) electrons.